The van der Waals surface area contributed by atoms with Crippen molar-refractivity contribution in [3.05, 3.63) is 41.7 Å². The molecule has 0 saturated carbocycles. The van der Waals surface area contributed by atoms with E-state index < -0.39 is 5.91 Å². The quantitative estimate of drug-likeness (QED) is 0.846. The average Bonchev–Trinajstić information content (AvgIpc) is 3.05. The highest BCUT2D eigenvalue weighted by molar-refractivity contribution is 5.92. The van der Waals surface area contributed by atoms with Gasteiger partial charge in [0.05, 0.1) is 6.20 Å². The summed E-state index contributed by atoms with van der Waals surface area (Å²) in [5.41, 5.74) is 6.69. The molecule has 2 aromatic rings. The molecule has 8 heteroatoms. The molecular formula is C14H16N6O2. The van der Waals surface area contributed by atoms with Crippen molar-refractivity contribution in [2.24, 2.45) is 5.73 Å². The number of nitrogens with two attached hydrogens (primary N) is 1. The molecule has 8 nitrogen and oxygen atoms in total. The molecule has 0 unspecified atom stereocenters. The first kappa shape index (κ1) is 14.2. The minimum Gasteiger partial charge on any atom is -0.364 e. The Morgan fingerprint density at radius 1 is 1.23 bits per heavy atom. The van der Waals surface area contributed by atoms with Gasteiger partial charge in [-0.25, -0.2) is 4.98 Å². The molecule has 3 rings (SSSR count). The largest absolute Gasteiger partial charge is 0.364 e. The smallest absolute Gasteiger partial charge is 0.274 e. The fourth-order valence-electron chi connectivity index (χ4n) is 2.64. The van der Waals surface area contributed by atoms with Gasteiger partial charge in [-0.15, -0.1) is 0 Å². The molecule has 1 saturated heterocycles. The van der Waals surface area contributed by atoms with E-state index in [2.05, 4.69) is 20.2 Å². The number of primary amides is 1. The van der Waals surface area contributed by atoms with E-state index in [9.17, 15) is 9.59 Å². The Morgan fingerprint density at radius 3 is 2.59 bits per heavy atom. The lowest BCUT2D eigenvalue weighted by molar-refractivity contribution is 0.0705. The van der Waals surface area contributed by atoms with Crippen LogP contribution in [0.4, 0.5) is 0 Å². The van der Waals surface area contributed by atoms with Gasteiger partial charge >= 0.3 is 0 Å². The Morgan fingerprint density at radius 2 is 2.00 bits per heavy atom. The van der Waals surface area contributed by atoms with Crippen LogP contribution < -0.4 is 5.73 Å². The van der Waals surface area contributed by atoms with Crippen molar-refractivity contribution < 1.29 is 9.59 Å². The molecule has 2 amide bonds. The molecule has 1 aliphatic rings. The Kier molecular flexibility index (Phi) is 3.82. The second-order valence-corrected chi connectivity index (χ2v) is 5.23. The number of nitrogens with one attached hydrogen (secondary N) is 1. The zero-order valence-corrected chi connectivity index (χ0v) is 11.9. The average molecular weight is 300 g/mol. The predicted octanol–water partition coefficient (Wildman–Crippen LogP) is 0.318. The second-order valence-electron chi connectivity index (χ2n) is 5.23. The van der Waals surface area contributed by atoms with Crippen LogP contribution in [0.5, 0.6) is 0 Å². The van der Waals surface area contributed by atoms with Crippen molar-refractivity contribution in [1.29, 1.82) is 0 Å². The van der Waals surface area contributed by atoms with Gasteiger partial charge in [0.25, 0.3) is 11.8 Å². The van der Waals surface area contributed by atoms with Gasteiger partial charge < -0.3 is 10.6 Å². The minimum absolute atomic E-state index is 0.103. The van der Waals surface area contributed by atoms with Crippen LogP contribution in [0.3, 0.4) is 0 Å². The summed E-state index contributed by atoms with van der Waals surface area (Å²) in [7, 11) is 0. The Bertz CT molecular complexity index is 676. The van der Waals surface area contributed by atoms with Crippen molar-refractivity contribution in [2.75, 3.05) is 13.1 Å². The second kappa shape index (κ2) is 5.92. The molecule has 0 aromatic carbocycles. The van der Waals surface area contributed by atoms with Gasteiger partial charge in [-0.2, -0.15) is 5.10 Å². The minimum atomic E-state index is -0.544. The summed E-state index contributed by atoms with van der Waals surface area (Å²) in [4.78, 5) is 33.1. The van der Waals surface area contributed by atoms with E-state index >= 15 is 0 Å². The molecule has 3 heterocycles. The van der Waals surface area contributed by atoms with Crippen molar-refractivity contribution in [2.45, 2.75) is 18.8 Å². The van der Waals surface area contributed by atoms with Crippen LogP contribution in [-0.4, -0.2) is 50.0 Å². The number of aromatic nitrogens is 4. The summed E-state index contributed by atoms with van der Waals surface area (Å²) in [6, 6.07) is 1.69. The molecule has 0 spiro atoms. The normalized spacial score (nSPS) is 15.7. The van der Waals surface area contributed by atoms with Gasteiger partial charge in [0, 0.05) is 37.1 Å². The third kappa shape index (κ3) is 2.80. The van der Waals surface area contributed by atoms with Gasteiger partial charge in [-0.05, 0) is 18.9 Å². The van der Waals surface area contributed by atoms with Gasteiger partial charge in [0.1, 0.15) is 11.4 Å². The van der Waals surface area contributed by atoms with E-state index in [0.717, 1.165) is 18.5 Å². The molecule has 0 atom stereocenters. The Labute approximate surface area is 126 Å². The monoisotopic (exact) mass is 300 g/mol. The van der Waals surface area contributed by atoms with E-state index in [1.54, 1.807) is 11.0 Å². The summed E-state index contributed by atoms with van der Waals surface area (Å²) in [6.07, 6.45) is 6.12. The number of likely N-dealkylation sites (tertiary alicyclic amines) is 1. The third-order valence-corrected chi connectivity index (χ3v) is 3.85. The molecule has 0 radical (unpaired) electrons. The van der Waals surface area contributed by atoms with E-state index in [-0.39, 0.29) is 17.5 Å². The van der Waals surface area contributed by atoms with Gasteiger partial charge in [-0.1, -0.05) is 0 Å². The van der Waals surface area contributed by atoms with E-state index in [0.29, 0.717) is 18.8 Å². The van der Waals surface area contributed by atoms with Gasteiger partial charge in [-0.3, -0.25) is 19.7 Å². The fourth-order valence-corrected chi connectivity index (χ4v) is 2.64. The first-order valence-electron chi connectivity index (χ1n) is 7.05. The van der Waals surface area contributed by atoms with Gasteiger partial charge in [0.15, 0.2) is 0 Å². The summed E-state index contributed by atoms with van der Waals surface area (Å²) >= 11 is 0. The zero-order valence-electron chi connectivity index (χ0n) is 11.9. The number of carbonyl (C=O) groups excluding carboxylic acids is 2. The van der Waals surface area contributed by atoms with Crippen LogP contribution in [0.1, 0.15) is 45.4 Å². The van der Waals surface area contributed by atoms with Crippen molar-refractivity contribution >= 4 is 11.8 Å². The highest BCUT2D eigenvalue weighted by atomic mass is 16.2. The van der Waals surface area contributed by atoms with E-state index in [1.165, 1.54) is 18.6 Å². The first-order chi connectivity index (χ1) is 10.6. The molecule has 1 fully saturated rings. The Balaban J connectivity index is 1.62. The highest BCUT2D eigenvalue weighted by Crippen LogP contribution is 2.27. The van der Waals surface area contributed by atoms with Crippen LogP contribution >= 0.6 is 0 Å². The first-order valence-corrected chi connectivity index (χ1v) is 7.05. The van der Waals surface area contributed by atoms with E-state index in [1.807, 2.05) is 0 Å². The summed E-state index contributed by atoms with van der Waals surface area (Å²) in [5, 5.41) is 6.75. The maximum Gasteiger partial charge on any atom is 0.274 e. The summed E-state index contributed by atoms with van der Waals surface area (Å²) in [6.45, 7) is 1.26. The third-order valence-electron chi connectivity index (χ3n) is 3.85. The number of hydrogen-bond donors (Lipinski definition) is 2. The molecule has 1 aliphatic heterocycles. The lowest BCUT2D eigenvalue weighted by atomic mass is 9.93. The molecule has 114 valence electrons. The summed E-state index contributed by atoms with van der Waals surface area (Å²) < 4.78 is 0. The number of carbonyl (C=O) groups is 2. The zero-order chi connectivity index (χ0) is 15.5. The lowest BCUT2D eigenvalue weighted by Crippen LogP contribution is -2.38. The SMILES string of the molecule is NC(=O)c1cc(C2CCN(C(=O)c3cnccn3)CC2)[nH]n1. The van der Waals surface area contributed by atoms with Crippen LogP contribution in [0, 0.1) is 0 Å². The number of hydrogen-bond acceptors (Lipinski definition) is 5. The fraction of sp³-hybridized carbons (Fsp3) is 0.357. The van der Waals surface area contributed by atoms with Crippen LogP contribution in [0.2, 0.25) is 0 Å². The number of nitrogens with zero attached hydrogens (tertiary/aromatic N) is 4. The molecular weight excluding hydrogens is 284 g/mol. The van der Waals surface area contributed by atoms with Crippen LogP contribution in [0.15, 0.2) is 24.7 Å². The number of amides is 2. The highest BCUT2D eigenvalue weighted by Gasteiger charge is 2.26. The maximum atomic E-state index is 12.3. The van der Waals surface area contributed by atoms with Crippen molar-refractivity contribution in [1.82, 2.24) is 25.1 Å². The molecule has 2 aromatic heterocycles. The molecule has 0 aliphatic carbocycles. The molecule has 22 heavy (non-hydrogen) atoms. The Hall–Kier alpha value is -2.77. The number of piperidine rings is 1. The summed E-state index contributed by atoms with van der Waals surface area (Å²) in [5.74, 6) is -0.404. The molecule has 3 N–H and O–H groups in total. The number of H-pyrrole nitrogens is 1. The van der Waals surface area contributed by atoms with E-state index in [4.69, 9.17) is 5.73 Å². The predicted molar refractivity (Wildman–Crippen MR) is 77.0 cm³/mol. The molecule has 0 bridgehead atoms. The maximum absolute atomic E-state index is 12.3. The van der Waals surface area contributed by atoms with Crippen molar-refractivity contribution in [3.8, 4) is 0 Å². The van der Waals surface area contributed by atoms with Crippen molar-refractivity contribution in [3.63, 3.8) is 0 Å². The topological polar surface area (TPSA) is 118 Å². The van der Waals surface area contributed by atoms with Crippen LogP contribution in [0.25, 0.3) is 0 Å². The number of aromatic amines is 1. The standard InChI is InChI=1S/C14H16N6O2/c15-13(21)11-7-10(18-19-11)9-1-5-20(6-2-9)14(22)12-8-16-3-4-17-12/h3-4,7-9H,1-2,5-6H2,(H2,15,21)(H,18,19). The van der Waals surface area contributed by atoms with Gasteiger partial charge in [0.2, 0.25) is 0 Å². The van der Waals surface area contributed by atoms with Crippen LogP contribution in [-0.2, 0) is 0 Å². The lowest BCUT2D eigenvalue weighted by Gasteiger charge is -2.31. The number of rotatable bonds is 3.